The van der Waals surface area contributed by atoms with Crippen LogP contribution in [-0.2, 0) is 0 Å². The fourth-order valence-corrected chi connectivity index (χ4v) is 3.66. The van der Waals surface area contributed by atoms with E-state index in [-0.39, 0.29) is 11.9 Å². The molecule has 2 aromatic carbocycles. The van der Waals surface area contributed by atoms with E-state index in [0.717, 1.165) is 48.5 Å². The van der Waals surface area contributed by atoms with E-state index >= 15 is 0 Å². The molecule has 0 aliphatic carbocycles. The number of ether oxygens (including phenoxy) is 1. The molecule has 29 heavy (non-hydrogen) atoms. The number of likely N-dealkylation sites (tertiary alicyclic amines) is 1. The number of thiocarbonyl (C=S) groups is 1. The Morgan fingerprint density at radius 1 is 1.10 bits per heavy atom. The maximum Gasteiger partial charge on any atom is 0.253 e. The first-order chi connectivity index (χ1) is 14.0. The number of nitrogens with one attached hydrogen (secondary N) is 2. The standard InChI is InChI=1S/C23H29N3O2S/c1-17-8-4-5-9-21(17)28-16-18(2)24-23(29)25-20-12-10-19(11-13-20)22(27)26-14-6-3-7-15-26/h4-5,8-13,18H,3,6-7,14-16H2,1-2H3,(H2,24,25,29)/t18-/m1/s1. The predicted octanol–water partition coefficient (Wildman–Crippen LogP) is 4.38. The highest BCUT2D eigenvalue weighted by molar-refractivity contribution is 7.80. The quantitative estimate of drug-likeness (QED) is 0.691. The summed E-state index contributed by atoms with van der Waals surface area (Å²) in [5, 5.41) is 6.92. The first-order valence-corrected chi connectivity index (χ1v) is 10.6. The van der Waals surface area contributed by atoms with E-state index in [1.54, 1.807) is 0 Å². The lowest BCUT2D eigenvalue weighted by Gasteiger charge is -2.26. The Bertz CT molecular complexity index is 832. The van der Waals surface area contributed by atoms with Gasteiger partial charge in [-0.25, -0.2) is 0 Å². The van der Waals surface area contributed by atoms with Gasteiger partial charge in [-0.05, 0) is 81.2 Å². The van der Waals surface area contributed by atoms with Crippen LogP contribution in [0, 0.1) is 6.92 Å². The normalized spacial score (nSPS) is 14.8. The highest BCUT2D eigenvalue weighted by atomic mass is 32.1. The number of carbonyl (C=O) groups excluding carboxylic acids is 1. The van der Waals surface area contributed by atoms with Crippen LogP contribution in [0.1, 0.15) is 42.1 Å². The molecule has 6 heteroatoms. The molecule has 5 nitrogen and oxygen atoms in total. The van der Waals surface area contributed by atoms with Crippen molar-refractivity contribution in [3.05, 3.63) is 59.7 Å². The second-order valence-electron chi connectivity index (χ2n) is 7.51. The van der Waals surface area contributed by atoms with Crippen molar-refractivity contribution in [2.75, 3.05) is 25.0 Å². The highest BCUT2D eigenvalue weighted by Gasteiger charge is 2.18. The van der Waals surface area contributed by atoms with Crippen molar-refractivity contribution in [2.45, 2.75) is 39.2 Å². The Morgan fingerprint density at radius 3 is 2.48 bits per heavy atom. The molecular weight excluding hydrogens is 382 g/mol. The van der Waals surface area contributed by atoms with Crippen molar-refractivity contribution >= 4 is 28.9 Å². The number of aryl methyl sites for hydroxylation is 1. The molecule has 154 valence electrons. The van der Waals surface area contributed by atoms with Crippen molar-refractivity contribution in [1.29, 1.82) is 0 Å². The molecule has 0 aromatic heterocycles. The van der Waals surface area contributed by atoms with Crippen LogP contribution in [0.2, 0.25) is 0 Å². The van der Waals surface area contributed by atoms with Crippen LogP contribution in [0.15, 0.2) is 48.5 Å². The maximum atomic E-state index is 12.5. The van der Waals surface area contributed by atoms with Crippen molar-refractivity contribution in [3.8, 4) is 5.75 Å². The SMILES string of the molecule is Cc1ccccc1OC[C@@H](C)NC(=S)Nc1ccc(C(=O)N2CCCCC2)cc1. The number of carbonyl (C=O) groups is 1. The van der Waals surface area contributed by atoms with E-state index in [1.165, 1.54) is 6.42 Å². The average Bonchev–Trinajstić information content (AvgIpc) is 2.74. The van der Waals surface area contributed by atoms with E-state index < -0.39 is 0 Å². The molecule has 1 aliphatic rings. The highest BCUT2D eigenvalue weighted by Crippen LogP contribution is 2.17. The van der Waals surface area contributed by atoms with E-state index in [2.05, 4.69) is 10.6 Å². The van der Waals surface area contributed by atoms with Gasteiger partial charge in [0.1, 0.15) is 12.4 Å². The molecule has 3 rings (SSSR count). The smallest absolute Gasteiger partial charge is 0.253 e. The van der Waals surface area contributed by atoms with Gasteiger partial charge in [-0.3, -0.25) is 4.79 Å². The third kappa shape index (κ3) is 6.19. The number of nitrogens with zero attached hydrogens (tertiary/aromatic N) is 1. The molecule has 1 fully saturated rings. The van der Waals surface area contributed by atoms with Crippen LogP contribution in [0.25, 0.3) is 0 Å². The van der Waals surface area contributed by atoms with Crippen LogP contribution in [0.4, 0.5) is 5.69 Å². The van der Waals surface area contributed by atoms with E-state index in [4.69, 9.17) is 17.0 Å². The summed E-state index contributed by atoms with van der Waals surface area (Å²) in [6.45, 7) is 6.27. The Kier molecular flexibility index (Phi) is 7.47. The molecule has 2 aromatic rings. The summed E-state index contributed by atoms with van der Waals surface area (Å²) < 4.78 is 5.86. The number of amides is 1. The zero-order valence-corrected chi connectivity index (χ0v) is 17.9. The van der Waals surface area contributed by atoms with E-state index in [0.29, 0.717) is 11.7 Å². The molecule has 2 N–H and O–H groups in total. The van der Waals surface area contributed by atoms with Crippen LogP contribution in [0.3, 0.4) is 0 Å². The van der Waals surface area contributed by atoms with Crippen molar-refractivity contribution in [3.63, 3.8) is 0 Å². The van der Waals surface area contributed by atoms with Gasteiger partial charge in [-0.2, -0.15) is 0 Å². The minimum Gasteiger partial charge on any atom is -0.491 e. The molecule has 0 bridgehead atoms. The van der Waals surface area contributed by atoms with Gasteiger partial charge in [0, 0.05) is 24.3 Å². The van der Waals surface area contributed by atoms with Crippen molar-refractivity contribution in [1.82, 2.24) is 10.2 Å². The average molecular weight is 412 g/mol. The van der Waals surface area contributed by atoms with Gasteiger partial charge in [0.05, 0.1) is 6.04 Å². The monoisotopic (exact) mass is 411 g/mol. The molecule has 1 aliphatic heterocycles. The van der Waals surface area contributed by atoms with Crippen LogP contribution in [0.5, 0.6) is 5.75 Å². The van der Waals surface area contributed by atoms with Crippen molar-refractivity contribution < 1.29 is 9.53 Å². The minimum atomic E-state index is 0.0505. The topological polar surface area (TPSA) is 53.6 Å². The molecule has 1 saturated heterocycles. The van der Waals surface area contributed by atoms with Gasteiger partial charge in [0.15, 0.2) is 5.11 Å². The first-order valence-electron chi connectivity index (χ1n) is 10.2. The summed E-state index contributed by atoms with van der Waals surface area (Å²) in [7, 11) is 0. The zero-order valence-electron chi connectivity index (χ0n) is 17.1. The predicted molar refractivity (Wildman–Crippen MR) is 122 cm³/mol. The summed E-state index contributed by atoms with van der Waals surface area (Å²) in [6.07, 6.45) is 3.40. The number of rotatable bonds is 6. The molecule has 0 saturated carbocycles. The largest absolute Gasteiger partial charge is 0.491 e. The Balaban J connectivity index is 1.46. The maximum absolute atomic E-state index is 12.5. The lowest BCUT2D eigenvalue weighted by Crippen LogP contribution is -2.39. The lowest BCUT2D eigenvalue weighted by atomic mass is 10.1. The van der Waals surface area contributed by atoms with Crippen LogP contribution in [-0.4, -0.2) is 41.7 Å². The summed E-state index contributed by atoms with van der Waals surface area (Å²) in [6, 6.07) is 15.5. The second-order valence-corrected chi connectivity index (χ2v) is 7.91. The molecule has 0 spiro atoms. The first kappa shape index (κ1) is 21.1. The Hall–Kier alpha value is -2.60. The van der Waals surface area contributed by atoms with Gasteiger partial charge in [-0.1, -0.05) is 18.2 Å². The lowest BCUT2D eigenvalue weighted by molar-refractivity contribution is 0.0724. The minimum absolute atomic E-state index is 0.0505. The Morgan fingerprint density at radius 2 is 1.79 bits per heavy atom. The zero-order chi connectivity index (χ0) is 20.6. The summed E-state index contributed by atoms with van der Waals surface area (Å²) in [5.41, 5.74) is 2.68. The second kappa shape index (κ2) is 10.3. The fraction of sp³-hybridized carbons (Fsp3) is 0.391. The summed E-state index contributed by atoms with van der Waals surface area (Å²) >= 11 is 5.40. The third-order valence-electron chi connectivity index (χ3n) is 4.99. The summed E-state index contributed by atoms with van der Waals surface area (Å²) in [5.74, 6) is 0.993. The number of anilines is 1. The van der Waals surface area contributed by atoms with Crippen LogP contribution < -0.4 is 15.4 Å². The molecular formula is C23H29N3O2S. The molecule has 1 amide bonds. The molecule has 0 radical (unpaired) electrons. The van der Waals surface area contributed by atoms with Gasteiger partial charge >= 0.3 is 0 Å². The van der Waals surface area contributed by atoms with Gasteiger partial charge in [0.2, 0.25) is 0 Å². The van der Waals surface area contributed by atoms with Gasteiger partial charge in [-0.15, -0.1) is 0 Å². The fourth-order valence-electron chi connectivity index (χ4n) is 3.34. The van der Waals surface area contributed by atoms with Crippen LogP contribution >= 0.6 is 12.2 Å². The number of hydrogen-bond donors (Lipinski definition) is 2. The number of hydrogen-bond acceptors (Lipinski definition) is 3. The molecule has 1 heterocycles. The molecule has 1 atom stereocenters. The van der Waals surface area contributed by atoms with E-state index in [1.807, 2.05) is 67.3 Å². The number of para-hydroxylation sites is 1. The van der Waals surface area contributed by atoms with Crippen molar-refractivity contribution in [2.24, 2.45) is 0 Å². The number of benzene rings is 2. The van der Waals surface area contributed by atoms with E-state index in [9.17, 15) is 4.79 Å². The Labute approximate surface area is 178 Å². The number of piperidine rings is 1. The van der Waals surface area contributed by atoms with Gasteiger partial charge in [0.25, 0.3) is 5.91 Å². The summed E-state index contributed by atoms with van der Waals surface area (Å²) in [4.78, 5) is 14.5. The molecule has 0 unspecified atom stereocenters. The van der Waals surface area contributed by atoms with Gasteiger partial charge < -0.3 is 20.3 Å². The third-order valence-corrected chi connectivity index (χ3v) is 5.21.